The van der Waals surface area contributed by atoms with E-state index in [0.29, 0.717) is 5.56 Å². The van der Waals surface area contributed by atoms with Gasteiger partial charge in [0.1, 0.15) is 5.75 Å². The van der Waals surface area contributed by atoms with Crippen LogP contribution in [0, 0.1) is 12.3 Å². The van der Waals surface area contributed by atoms with Crippen molar-refractivity contribution < 1.29 is 4.74 Å². The summed E-state index contributed by atoms with van der Waals surface area (Å²) in [4.78, 5) is 0. The standard InChI is InChI=1S/C9H12N4O/c1-6-5-7(9(10)12-13-11)3-4-8(6)14-2/h3-5H,1-2H3,(H3,10,11,12). The first-order chi connectivity index (χ1) is 6.69. The molecule has 5 nitrogen and oxygen atoms in total. The van der Waals surface area contributed by atoms with Gasteiger partial charge in [0.05, 0.1) is 7.11 Å². The molecular weight excluding hydrogens is 180 g/mol. The second kappa shape index (κ2) is 4.36. The van der Waals surface area contributed by atoms with E-state index >= 15 is 0 Å². The first-order valence-corrected chi connectivity index (χ1v) is 4.03. The Morgan fingerprint density at radius 1 is 1.50 bits per heavy atom. The molecule has 0 fully saturated rings. The van der Waals surface area contributed by atoms with Gasteiger partial charge in [-0.15, -0.1) is 5.11 Å². The highest BCUT2D eigenvalue weighted by molar-refractivity contribution is 5.96. The van der Waals surface area contributed by atoms with E-state index in [0.717, 1.165) is 11.3 Å². The predicted octanol–water partition coefficient (Wildman–Crippen LogP) is 1.65. The Hall–Kier alpha value is -1.91. The van der Waals surface area contributed by atoms with Gasteiger partial charge in [0.2, 0.25) is 0 Å². The Labute approximate surface area is 82.1 Å². The van der Waals surface area contributed by atoms with Gasteiger partial charge in [-0.05, 0) is 30.7 Å². The number of nitrogens with one attached hydrogen (secondary N) is 1. The van der Waals surface area contributed by atoms with Crippen LogP contribution in [0.4, 0.5) is 0 Å². The smallest absolute Gasteiger partial charge is 0.176 e. The number of nitrogens with two attached hydrogens (primary N) is 1. The van der Waals surface area contributed by atoms with Gasteiger partial charge in [0, 0.05) is 5.56 Å². The normalized spacial score (nSPS) is 10.4. The van der Waals surface area contributed by atoms with E-state index in [4.69, 9.17) is 16.0 Å². The summed E-state index contributed by atoms with van der Waals surface area (Å²) < 4.78 is 5.09. The second-order valence-corrected chi connectivity index (χ2v) is 2.75. The molecule has 0 amide bonds. The summed E-state index contributed by atoms with van der Waals surface area (Å²) in [6.45, 7) is 1.90. The van der Waals surface area contributed by atoms with Crippen LogP contribution in [0.1, 0.15) is 11.1 Å². The van der Waals surface area contributed by atoms with Crippen LogP contribution in [0.25, 0.3) is 0 Å². The molecule has 1 aromatic carbocycles. The van der Waals surface area contributed by atoms with Gasteiger partial charge < -0.3 is 10.6 Å². The number of nitrogens with zero attached hydrogens (tertiary/aromatic N) is 2. The van der Waals surface area contributed by atoms with Crippen LogP contribution in [0.5, 0.6) is 5.75 Å². The molecule has 0 atom stereocenters. The number of hydrogen-bond donors (Lipinski definition) is 2. The van der Waals surface area contributed by atoms with E-state index < -0.39 is 0 Å². The van der Waals surface area contributed by atoms with Crippen LogP contribution >= 0.6 is 0 Å². The van der Waals surface area contributed by atoms with E-state index in [1.54, 1.807) is 25.3 Å². The van der Waals surface area contributed by atoms with Crippen molar-refractivity contribution in [2.24, 2.45) is 16.2 Å². The maximum Gasteiger partial charge on any atom is 0.176 e. The summed E-state index contributed by atoms with van der Waals surface area (Å²) in [5.74, 6) is 5.68. The van der Waals surface area contributed by atoms with E-state index in [1.165, 1.54) is 0 Å². The molecule has 14 heavy (non-hydrogen) atoms. The molecule has 0 unspecified atom stereocenters. The minimum atomic E-state index is 0.0400. The van der Waals surface area contributed by atoms with Crippen molar-refractivity contribution in [1.82, 2.24) is 0 Å². The molecule has 1 aromatic rings. The zero-order valence-electron chi connectivity index (χ0n) is 8.11. The Morgan fingerprint density at radius 2 is 2.21 bits per heavy atom. The van der Waals surface area contributed by atoms with E-state index in [2.05, 4.69) is 10.3 Å². The van der Waals surface area contributed by atoms with Gasteiger partial charge in [-0.2, -0.15) is 0 Å². The van der Waals surface area contributed by atoms with E-state index in [-0.39, 0.29) is 5.84 Å². The average Bonchev–Trinajstić information content (AvgIpc) is 2.18. The number of methoxy groups -OCH3 is 1. The van der Waals surface area contributed by atoms with Gasteiger partial charge in [0.25, 0.3) is 0 Å². The SMILES string of the molecule is COc1ccc(C(=N)N=NN)cc1C. The Kier molecular flexibility index (Phi) is 3.17. The monoisotopic (exact) mass is 192 g/mol. The van der Waals surface area contributed by atoms with Gasteiger partial charge in [-0.1, -0.05) is 5.22 Å². The summed E-state index contributed by atoms with van der Waals surface area (Å²) in [6, 6.07) is 5.32. The topological polar surface area (TPSA) is 83.8 Å². The summed E-state index contributed by atoms with van der Waals surface area (Å²) in [6.07, 6.45) is 0. The Morgan fingerprint density at radius 3 is 2.71 bits per heavy atom. The van der Waals surface area contributed by atoms with Crippen molar-refractivity contribution in [2.75, 3.05) is 7.11 Å². The predicted molar refractivity (Wildman–Crippen MR) is 53.6 cm³/mol. The maximum atomic E-state index is 7.47. The molecule has 0 aromatic heterocycles. The van der Waals surface area contributed by atoms with E-state index in [9.17, 15) is 0 Å². The lowest BCUT2D eigenvalue weighted by molar-refractivity contribution is 0.411. The molecule has 0 saturated carbocycles. The lowest BCUT2D eigenvalue weighted by atomic mass is 10.1. The lowest BCUT2D eigenvalue weighted by Gasteiger charge is -2.05. The third-order valence-electron chi connectivity index (χ3n) is 1.83. The van der Waals surface area contributed by atoms with Gasteiger partial charge in [-0.25, -0.2) is 0 Å². The fourth-order valence-electron chi connectivity index (χ4n) is 1.14. The second-order valence-electron chi connectivity index (χ2n) is 2.75. The van der Waals surface area contributed by atoms with Gasteiger partial charge >= 0.3 is 0 Å². The highest BCUT2D eigenvalue weighted by atomic mass is 16.5. The minimum absolute atomic E-state index is 0.0400. The van der Waals surface area contributed by atoms with Crippen LogP contribution in [-0.2, 0) is 0 Å². The van der Waals surface area contributed by atoms with Gasteiger partial charge in [0.15, 0.2) is 5.84 Å². The molecule has 0 radical (unpaired) electrons. The average molecular weight is 192 g/mol. The van der Waals surface area contributed by atoms with Crippen LogP contribution in [0.15, 0.2) is 28.5 Å². The van der Waals surface area contributed by atoms with Crippen molar-refractivity contribution in [1.29, 1.82) is 5.41 Å². The van der Waals surface area contributed by atoms with Crippen LogP contribution in [0.3, 0.4) is 0 Å². The van der Waals surface area contributed by atoms with Crippen molar-refractivity contribution in [3.8, 4) is 5.75 Å². The van der Waals surface area contributed by atoms with Crippen molar-refractivity contribution in [3.05, 3.63) is 29.3 Å². The van der Waals surface area contributed by atoms with Crippen molar-refractivity contribution >= 4 is 5.84 Å². The first kappa shape index (κ1) is 10.2. The summed E-state index contributed by atoms with van der Waals surface area (Å²) >= 11 is 0. The highest BCUT2D eigenvalue weighted by Crippen LogP contribution is 2.18. The van der Waals surface area contributed by atoms with Crippen molar-refractivity contribution in [3.63, 3.8) is 0 Å². The minimum Gasteiger partial charge on any atom is -0.496 e. The molecule has 74 valence electrons. The van der Waals surface area contributed by atoms with Crippen LogP contribution in [-0.4, -0.2) is 12.9 Å². The Bertz CT molecular complexity index is 373. The highest BCUT2D eigenvalue weighted by Gasteiger charge is 2.03. The zero-order valence-corrected chi connectivity index (χ0v) is 8.11. The summed E-state index contributed by atoms with van der Waals surface area (Å²) in [5, 5.41) is 14.0. The molecule has 1 rings (SSSR count). The number of hydrogen-bond acceptors (Lipinski definition) is 3. The molecule has 0 bridgehead atoms. The number of aryl methyl sites for hydroxylation is 1. The lowest BCUT2D eigenvalue weighted by Crippen LogP contribution is -1.97. The summed E-state index contributed by atoms with van der Waals surface area (Å²) in [5.41, 5.74) is 1.61. The molecule has 0 aliphatic heterocycles. The quantitative estimate of drug-likeness (QED) is 0.245. The third-order valence-corrected chi connectivity index (χ3v) is 1.83. The van der Waals surface area contributed by atoms with Crippen LogP contribution in [0.2, 0.25) is 0 Å². The van der Waals surface area contributed by atoms with Crippen LogP contribution < -0.4 is 10.6 Å². The zero-order chi connectivity index (χ0) is 10.6. The molecule has 0 spiro atoms. The molecule has 0 heterocycles. The number of rotatable bonds is 2. The fourth-order valence-corrected chi connectivity index (χ4v) is 1.14. The maximum absolute atomic E-state index is 7.47. The number of benzene rings is 1. The summed E-state index contributed by atoms with van der Waals surface area (Å²) in [7, 11) is 1.60. The number of ether oxygens (including phenoxy) is 1. The largest absolute Gasteiger partial charge is 0.496 e. The first-order valence-electron chi connectivity index (χ1n) is 4.03. The molecule has 5 heteroatoms. The molecule has 0 aliphatic carbocycles. The molecule has 0 saturated heterocycles. The molecule has 0 aliphatic rings. The van der Waals surface area contributed by atoms with Gasteiger partial charge in [-0.3, -0.25) is 5.41 Å². The molecular formula is C9H12N4O. The Balaban J connectivity index is 3.02. The third kappa shape index (κ3) is 2.07. The van der Waals surface area contributed by atoms with E-state index in [1.807, 2.05) is 6.92 Å². The molecule has 3 N–H and O–H groups in total. The van der Waals surface area contributed by atoms with Crippen molar-refractivity contribution in [2.45, 2.75) is 6.92 Å². The number of amidine groups is 1. The fraction of sp³-hybridized carbons (Fsp3) is 0.222.